The van der Waals surface area contributed by atoms with Gasteiger partial charge in [-0.15, -0.1) is 0 Å². The number of amides is 1. The summed E-state index contributed by atoms with van der Waals surface area (Å²) in [5.41, 5.74) is 4.48. The molecule has 2 aromatic rings. The van der Waals surface area contributed by atoms with Crippen molar-refractivity contribution in [1.82, 2.24) is 15.0 Å². The van der Waals surface area contributed by atoms with Gasteiger partial charge in [-0.2, -0.15) is 4.98 Å². The smallest absolute Gasteiger partial charge is 0.291 e. The molecular weight excluding hydrogens is 336 g/mol. The van der Waals surface area contributed by atoms with E-state index in [2.05, 4.69) is 26.3 Å². The molecule has 2 rings (SSSR count). The number of nitrogens with one attached hydrogen (secondary N) is 1. The molecule has 0 spiro atoms. The lowest BCUT2D eigenvalue weighted by molar-refractivity contribution is 0.0953. The third kappa shape index (κ3) is 3.20. The van der Waals surface area contributed by atoms with Gasteiger partial charge in [0.15, 0.2) is 0 Å². The number of carbonyl (C=O) groups excluding carboxylic acids is 1. The van der Waals surface area contributed by atoms with E-state index in [1.165, 1.54) is 0 Å². The van der Waals surface area contributed by atoms with Gasteiger partial charge in [-0.05, 0) is 47.5 Å². The number of carbonyl (C=O) groups is 1. The lowest BCUT2D eigenvalue weighted by Gasteiger charge is -2.12. The lowest BCUT2D eigenvalue weighted by atomic mass is 10.1. The van der Waals surface area contributed by atoms with Gasteiger partial charge in [-0.3, -0.25) is 14.8 Å². The molecule has 0 fully saturated rings. The molecule has 0 aliphatic heterocycles. The van der Waals surface area contributed by atoms with Gasteiger partial charge < -0.3 is 0 Å². The zero-order valence-corrected chi connectivity index (χ0v) is 13.3. The molecule has 0 saturated carbocycles. The van der Waals surface area contributed by atoms with Crippen molar-refractivity contribution in [2.24, 2.45) is 5.84 Å². The number of benzene rings is 1. The Labute approximate surface area is 130 Å². The summed E-state index contributed by atoms with van der Waals surface area (Å²) >= 11 is 3.42. The molecule has 1 heterocycles. The topological polar surface area (TPSA) is 90.0 Å². The number of nitrogen functional groups attached to an aromatic ring is 1. The number of halogens is 1. The number of aromatic nitrogens is 2. The van der Waals surface area contributed by atoms with Crippen LogP contribution < -0.4 is 17.0 Å². The fraction of sp³-hybridized carbons (Fsp3) is 0.214. The van der Waals surface area contributed by atoms with Crippen molar-refractivity contribution in [3.63, 3.8) is 0 Å². The van der Waals surface area contributed by atoms with E-state index >= 15 is 0 Å². The van der Waals surface area contributed by atoms with Crippen LogP contribution in [0.15, 0.2) is 33.5 Å². The van der Waals surface area contributed by atoms with Crippen LogP contribution in [0.1, 0.15) is 27.3 Å². The lowest BCUT2D eigenvalue weighted by Crippen LogP contribution is -2.30. The van der Waals surface area contributed by atoms with Gasteiger partial charge in [0, 0.05) is 11.3 Å². The van der Waals surface area contributed by atoms with Gasteiger partial charge in [0.1, 0.15) is 0 Å². The van der Waals surface area contributed by atoms with Crippen molar-refractivity contribution in [2.45, 2.75) is 20.4 Å². The van der Waals surface area contributed by atoms with Crippen LogP contribution in [0.3, 0.4) is 0 Å². The van der Waals surface area contributed by atoms with Crippen molar-refractivity contribution in [3.8, 4) is 0 Å². The average molecular weight is 351 g/mol. The van der Waals surface area contributed by atoms with Crippen LogP contribution in [-0.2, 0) is 6.54 Å². The molecule has 0 atom stereocenters. The van der Waals surface area contributed by atoms with Crippen LogP contribution >= 0.6 is 15.9 Å². The van der Waals surface area contributed by atoms with E-state index in [1.807, 2.05) is 13.0 Å². The summed E-state index contributed by atoms with van der Waals surface area (Å²) in [4.78, 5) is 27.5. The highest BCUT2D eigenvalue weighted by Gasteiger charge is 2.10. The quantitative estimate of drug-likeness (QED) is 0.495. The fourth-order valence-corrected chi connectivity index (χ4v) is 2.34. The Morgan fingerprint density at radius 3 is 2.81 bits per heavy atom. The largest absolute Gasteiger partial charge is 0.348 e. The van der Waals surface area contributed by atoms with Crippen LogP contribution in [0.2, 0.25) is 0 Å². The Hall–Kier alpha value is -1.99. The SMILES string of the molecule is Cc1nc(=O)n(Cc2cccc(C(=O)NN)c2)c(C)c1Br. The first kappa shape index (κ1) is 15.4. The van der Waals surface area contributed by atoms with E-state index < -0.39 is 0 Å². The zero-order chi connectivity index (χ0) is 15.6. The van der Waals surface area contributed by atoms with Crippen molar-refractivity contribution < 1.29 is 4.79 Å². The summed E-state index contributed by atoms with van der Waals surface area (Å²) in [5.74, 6) is 4.75. The Bertz CT molecular complexity index is 755. The van der Waals surface area contributed by atoms with Crippen molar-refractivity contribution >= 4 is 21.8 Å². The van der Waals surface area contributed by atoms with E-state index in [9.17, 15) is 9.59 Å². The van der Waals surface area contributed by atoms with Crippen LogP contribution in [-0.4, -0.2) is 15.5 Å². The molecule has 0 aliphatic rings. The number of rotatable bonds is 3. The highest BCUT2D eigenvalue weighted by molar-refractivity contribution is 9.10. The Kier molecular flexibility index (Phi) is 4.54. The minimum absolute atomic E-state index is 0.318. The predicted molar refractivity (Wildman–Crippen MR) is 82.9 cm³/mol. The van der Waals surface area contributed by atoms with Crippen LogP contribution in [0.25, 0.3) is 0 Å². The molecule has 1 amide bonds. The molecule has 1 aromatic carbocycles. The van der Waals surface area contributed by atoms with Crippen LogP contribution in [0.5, 0.6) is 0 Å². The first-order valence-corrected chi connectivity index (χ1v) is 7.06. The first-order chi connectivity index (χ1) is 9.93. The minimum Gasteiger partial charge on any atom is -0.291 e. The monoisotopic (exact) mass is 350 g/mol. The molecular formula is C14H15BrN4O2. The first-order valence-electron chi connectivity index (χ1n) is 6.27. The van der Waals surface area contributed by atoms with Crippen LogP contribution in [0.4, 0.5) is 0 Å². The van der Waals surface area contributed by atoms with Crippen molar-refractivity contribution in [3.05, 3.63) is 61.7 Å². The summed E-state index contributed by atoms with van der Waals surface area (Å²) in [7, 11) is 0. The van der Waals surface area contributed by atoms with Gasteiger partial charge >= 0.3 is 5.69 Å². The van der Waals surface area contributed by atoms with Crippen LogP contribution in [0, 0.1) is 13.8 Å². The maximum Gasteiger partial charge on any atom is 0.348 e. The normalized spacial score (nSPS) is 10.5. The fourth-order valence-electron chi connectivity index (χ4n) is 2.04. The van der Waals surface area contributed by atoms with Gasteiger partial charge in [0.2, 0.25) is 0 Å². The molecule has 0 unspecified atom stereocenters. The number of nitrogens with zero attached hydrogens (tertiary/aromatic N) is 2. The molecule has 0 saturated heterocycles. The Morgan fingerprint density at radius 1 is 1.43 bits per heavy atom. The van der Waals surface area contributed by atoms with Crippen molar-refractivity contribution in [2.75, 3.05) is 0 Å². The summed E-state index contributed by atoms with van der Waals surface area (Å²) < 4.78 is 2.36. The van der Waals surface area contributed by atoms with Gasteiger partial charge in [0.25, 0.3) is 5.91 Å². The second-order valence-corrected chi connectivity index (χ2v) is 5.43. The van der Waals surface area contributed by atoms with Crippen molar-refractivity contribution in [1.29, 1.82) is 0 Å². The predicted octanol–water partition coefficient (Wildman–Crippen LogP) is 1.27. The Balaban J connectivity index is 2.42. The molecule has 1 aromatic heterocycles. The zero-order valence-electron chi connectivity index (χ0n) is 11.7. The molecule has 3 N–H and O–H groups in total. The molecule has 7 heteroatoms. The maximum atomic E-state index is 12.0. The molecule has 0 bridgehead atoms. The third-order valence-corrected chi connectivity index (χ3v) is 4.34. The van der Waals surface area contributed by atoms with Gasteiger partial charge in [-0.25, -0.2) is 10.6 Å². The van der Waals surface area contributed by atoms with E-state index in [0.29, 0.717) is 17.8 Å². The van der Waals surface area contributed by atoms with E-state index in [-0.39, 0.29) is 11.6 Å². The molecule has 0 radical (unpaired) electrons. The Morgan fingerprint density at radius 2 is 2.14 bits per heavy atom. The maximum absolute atomic E-state index is 12.0. The second-order valence-electron chi connectivity index (χ2n) is 4.64. The number of nitrogens with two attached hydrogens (primary N) is 1. The molecule has 6 nitrogen and oxygen atoms in total. The molecule has 21 heavy (non-hydrogen) atoms. The number of aryl methyl sites for hydroxylation is 1. The number of hydrazine groups is 1. The highest BCUT2D eigenvalue weighted by atomic mass is 79.9. The second kappa shape index (κ2) is 6.19. The summed E-state index contributed by atoms with van der Waals surface area (Å²) in [6.45, 7) is 3.95. The summed E-state index contributed by atoms with van der Waals surface area (Å²) in [6.07, 6.45) is 0. The molecule has 110 valence electrons. The standard InChI is InChI=1S/C14H15BrN4O2/c1-8-12(15)9(2)19(14(21)17-8)7-10-4-3-5-11(6-10)13(20)18-16/h3-6H,7,16H2,1-2H3,(H,18,20). The van der Waals surface area contributed by atoms with E-state index in [0.717, 1.165) is 15.7 Å². The minimum atomic E-state index is -0.371. The number of hydrogen-bond acceptors (Lipinski definition) is 4. The summed E-state index contributed by atoms with van der Waals surface area (Å²) in [5, 5.41) is 0. The van der Waals surface area contributed by atoms with Gasteiger partial charge in [-0.1, -0.05) is 12.1 Å². The summed E-state index contributed by atoms with van der Waals surface area (Å²) in [6, 6.07) is 6.94. The molecule has 0 aliphatic carbocycles. The van der Waals surface area contributed by atoms with Gasteiger partial charge in [0.05, 0.1) is 16.7 Å². The average Bonchev–Trinajstić information content (AvgIpc) is 2.49. The van der Waals surface area contributed by atoms with E-state index in [4.69, 9.17) is 5.84 Å². The van der Waals surface area contributed by atoms with E-state index in [1.54, 1.807) is 29.7 Å². The highest BCUT2D eigenvalue weighted by Crippen LogP contribution is 2.17. The third-order valence-electron chi connectivity index (χ3n) is 3.20. The number of hydrogen-bond donors (Lipinski definition) is 2.